The first-order valence-electron chi connectivity index (χ1n) is 5.77. The van der Waals surface area contributed by atoms with Gasteiger partial charge in [-0.2, -0.15) is 0 Å². The number of carbonyl (C=O) groups excluding carboxylic acids is 1. The maximum Gasteiger partial charge on any atom is 0.141 e. The molecule has 2 N–H and O–H groups in total. The Kier molecular flexibility index (Phi) is 3.19. The van der Waals surface area contributed by atoms with Gasteiger partial charge in [0.15, 0.2) is 0 Å². The zero-order valence-corrected chi connectivity index (χ0v) is 8.74. The van der Waals surface area contributed by atoms with Gasteiger partial charge in [0.1, 0.15) is 5.78 Å². The summed E-state index contributed by atoms with van der Waals surface area (Å²) in [6, 6.07) is 0. The van der Waals surface area contributed by atoms with Gasteiger partial charge in [-0.15, -0.1) is 0 Å². The first-order valence-corrected chi connectivity index (χ1v) is 5.77. The summed E-state index contributed by atoms with van der Waals surface area (Å²) in [6.45, 7) is 3.83. The van der Waals surface area contributed by atoms with Gasteiger partial charge >= 0.3 is 0 Å². The van der Waals surface area contributed by atoms with E-state index in [9.17, 15) is 4.79 Å². The van der Waals surface area contributed by atoms with Crippen molar-refractivity contribution in [3.05, 3.63) is 0 Å². The lowest BCUT2D eigenvalue weighted by Crippen LogP contribution is -2.49. The molecule has 1 saturated heterocycles. The number of nitrogens with two attached hydrogens (primary N) is 1. The molecule has 1 aliphatic carbocycles. The second-order valence-electron chi connectivity index (χ2n) is 4.63. The summed E-state index contributed by atoms with van der Waals surface area (Å²) >= 11 is 0. The van der Waals surface area contributed by atoms with Crippen LogP contribution in [0.5, 0.6) is 0 Å². The minimum atomic E-state index is 0.347. The van der Waals surface area contributed by atoms with Gasteiger partial charge in [0.05, 0.1) is 0 Å². The predicted molar refractivity (Wildman–Crippen MR) is 55.9 cm³/mol. The largest absolute Gasteiger partial charge is 0.330 e. The number of carbonyl (C=O) groups is 1. The maximum absolute atomic E-state index is 11.8. The van der Waals surface area contributed by atoms with Crippen LogP contribution in [-0.4, -0.2) is 36.9 Å². The lowest BCUT2D eigenvalue weighted by molar-refractivity contribution is -0.134. The van der Waals surface area contributed by atoms with Crippen LogP contribution in [0.1, 0.15) is 25.7 Å². The van der Waals surface area contributed by atoms with Gasteiger partial charge in [-0.05, 0) is 32.4 Å². The predicted octanol–water partition coefficient (Wildman–Crippen LogP) is 0.636. The van der Waals surface area contributed by atoms with E-state index in [1.807, 2.05) is 0 Å². The van der Waals surface area contributed by atoms with Crippen LogP contribution in [-0.2, 0) is 4.79 Å². The minimum absolute atomic E-state index is 0.347. The standard InChI is InChI=1S/C11H20N2O/c12-5-2-6-13-7-9-3-1-4-10(8-13)11(9)14/h9-10H,1-8,12H2. The van der Waals surface area contributed by atoms with E-state index in [1.54, 1.807) is 0 Å². The SMILES string of the molecule is NCCCN1CC2CCCC(C1)C2=O. The molecule has 0 aromatic carbocycles. The monoisotopic (exact) mass is 196 g/mol. The molecule has 80 valence electrons. The summed E-state index contributed by atoms with van der Waals surface area (Å²) < 4.78 is 0. The Morgan fingerprint density at radius 3 is 2.50 bits per heavy atom. The molecular formula is C11H20N2O. The van der Waals surface area contributed by atoms with Crippen molar-refractivity contribution in [3.8, 4) is 0 Å². The quantitative estimate of drug-likeness (QED) is 0.720. The lowest BCUT2D eigenvalue weighted by atomic mass is 9.76. The Morgan fingerprint density at radius 2 is 1.93 bits per heavy atom. The smallest absolute Gasteiger partial charge is 0.141 e. The van der Waals surface area contributed by atoms with Crippen LogP contribution in [0, 0.1) is 11.8 Å². The molecular weight excluding hydrogens is 176 g/mol. The fourth-order valence-corrected chi connectivity index (χ4v) is 2.79. The number of Topliss-reactive ketones (excluding diaryl/α,β-unsaturated/α-hetero) is 1. The van der Waals surface area contributed by atoms with Gasteiger partial charge < -0.3 is 10.6 Å². The Balaban J connectivity index is 1.90. The number of hydrogen-bond donors (Lipinski definition) is 1. The first kappa shape index (κ1) is 10.1. The number of piperidine rings is 1. The van der Waals surface area contributed by atoms with E-state index in [0.29, 0.717) is 17.6 Å². The van der Waals surface area contributed by atoms with Crippen molar-refractivity contribution in [3.63, 3.8) is 0 Å². The van der Waals surface area contributed by atoms with E-state index < -0.39 is 0 Å². The third-order valence-corrected chi connectivity index (χ3v) is 3.55. The lowest BCUT2D eigenvalue weighted by Gasteiger charge is -2.40. The summed E-state index contributed by atoms with van der Waals surface area (Å²) in [5, 5.41) is 0. The topological polar surface area (TPSA) is 46.3 Å². The minimum Gasteiger partial charge on any atom is -0.330 e. The van der Waals surface area contributed by atoms with Gasteiger partial charge in [0, 0.05) is 24.9 Å². The molecule has 2 aliphatic rings. The molecule has 3 heteroatoms. The van der Waals surface area contributed by atoms with Crippen LogP contribution in [0.15, 0.2) is 0 Å². The molecule has 2 atom stereocenters. The number of likely N-dealkylation sites (tertiary alicyclic amines) is 1. The van der Waals surface area contributed by atoms with Crippen LogP contribution < -0.4 is 5.73 Å². The van der Waals surface area contributed by atoms with Crippen LogP contribution in [0.25, 0.3) is 0 Å². The van der Waals surface area contributed by atoms with Crippen molar-refractivity contribution in [2.24, 2.45) is 17.6 Å². The van der Waals surface area contributed by atoms with E-state index in [2.05, 4.69) is 4.90 Å². The Hall–Kier alpha value is -0.410. The molecule has 0 amide bonds. The summed E-state index contributed by atoms with van der Waals surface area (Å²) in [4.78, 5) is 14.2. The number of ketones is 1. The highest BCUT2D eigenvalue weighted by molar-refractivity contribution is 5.85. The van der Waals surface area contributed by atoms with E-state index in [1.165, 1.54) is 6.42 Å². The molecule has 14 heavy (non-hydrogen) atoms. The van der Waals surface area contributed by atoms with Crippen molar-refractivity contribution in [2.45, 2.75) is 25.7 Å². The van der Waals surface area contributed by atoms with Crippen LogP contribution in [0.2, 0.25) is 0 Å². The molecule has 2 rings (SSSR count). The molecule has 2 bridgehead atoms. The summed E-state index contributed by atoms with van der Waals surface area (Å²) in [5.41, 5.74) is 5.50. The Labute approximate surface area is 85.6 Å². The fraction of sp³-hybridized carbons (Fsp3) is 0.909. The van der Waals surface area contributed by atoms with Crippen molar-refractivity contribution in [1.29, 1.82) is 0 Å². The van der Waals surface area contributed by atoms with Crippen LogP contribution in [0.4, 0.5) is 0 Å². The van der Waals surface area contributed by atoms with E-state index in [4.69, 9.17) is 5.73 Å². The number of fused-ring (bicyclic) bond motifs is 2. The molecule has 3 nitrogen and oxygen atoms in total. The van der Waals surface area contributed by atoms with E-state index in [0.717, 1.165) is 45.4 Å². The third-order valence-electron chi connectivity index (χ3n) is 3.55. The van der Waals surface area contributed by atoms with Gasteiger partial charge in [-0.3, -0.25) is 4.79 Å². The van der Waals surface area contributed by atoms with Crippen LogP contribution >= 0.6 is 0 Å². The average Bonchev–Trinajstić information content (AvgIpc) is 2.15. The van der Waals surface area contributed by atoms with Crippen molar-refractivity contribution in [2.75, 3.05) is 26.2 Å². The second kappa shape index (κ2) is 4.41. The maximum atomic E-state index is 11.8. The summed E-state index contributed by atoms with van der Waals surface area (Å²) in [7, 11) is 0. The fourth-order valence-electron chi connectivity index (χ4n) is 2.79. The van der Waals surface area contributed by atoms with E-state index >= 15 is 0 Å². The van der Waals surface area contributed by atoms with Crippen molar-refractivity contribution in [1.82, 2.24) is 4.90 Å². The molecule has 1 aliphatic heterocycles. The molecule has 2 fully saturated rings. The average molecular weight is 196 g/mol. The number of hydrogen-bond acceptors (Lipinski definition) is 3. The molecule has 0 spiro atoms. The highest BCUT2D eigenvalue weighted by atomic mass is 16.1. The second-order valence-corrected chi connectivity index (χ2v) is 4.63. The van der Waals surface area contributed by atoms with Crippen molar-refractivity contribution < 1.29 is 4.79 Å². The molecule has 2 unspecified atom stereocenters. The Morgan fingerprint density at radius 1 is 1.29 bits per heavy atom. The zero-order valence-electron chi connectivity index (χ0n) is 8.74. The molecule has 1 saturated carbocycles. The molecule has 0 aromatic heterocycles. The van der Waals surface area contributed by atoms with Gasteiger partial charge in [0.25, 0.3) is 0 Å². The van der Waals surface area contributed by atoms with Gasteiger partial charge in [-0.25, -0.2) is 0 Å². The van der Waals surface area contributed by atoms with Gasteiger partial charge in [0.2, 0.25) is 0 Å². The first-order chi connectivity index (χ1) is 6.81. The molecule has 0 aromatic rings. The van der Waals surface area contributed by atoms with E-state index in [-0.39, 0.29) is 0 Å². The number of nitrogens with zero attached hydrogens (tertiary/aromatic N) is 1. The summed E-state index contributed by atoms with van der Waals surface area (Å²) in [6.07, 6.45) is 4.56. The molecule has 1 heterocycles. The summed E-state index contributed by atoms with van der Waals surface area (Å²) in [5.74, 6) is 1.24. The zero-order chi connectivity index (χ0) is 9.97. The van der Waals surface area contributed by atoms with Crippen molar-refractivity contribution >= 4 is 5.78 Å². The number of rotatable bonds is 3. The highest BCUT2D eigenvalue weighted by Gasteiger charge is 2.37. The molecule has 0 radical (unpaired) electrons. The Bertz CT molecular complexity index is 201. The highest BCUT2D eigenvalue weighted by Crippen LogP contribution is 2.31. The van der Waals surface area contributed by atoms with Crippen LogP contribution in [0.3, 0.4) is 0 Å². The normalized spacial score (nSPS) is 33.4. The third kappa shape index (κ3) is 1.98. The van der Waals surface area contributed by atoms with Gasteiger partial charge in [-0.1, -0.05) is 6.42 Å².